The maximum absolute atomic E-state index is 12.4. The molecule has 0 bridgehead atoms. The van der Waals surface area contributed by atoms with Gasteiger partial charge in [0.15, 0.2) is 0 Å². The molecule has 0 radical (unpaired) electrons. The minimum absolute atomic E-state index is 0.0609. The number of likely N-dealkylation sites (N-methyl/N-ethyl adjacent to an activating group) is 2. The summed E-state index contributed by atoms with van der Waals surface area (Å²) in [6, 6.07) is 8.02. The van der Waals surface area contributed by atoms with Gasteiger partial charge in [0.05, 0.1) is 18.0 Å². The van der Waals surface area contributed by atoms with Gasteiger partial charge >= 0.3 is 0 Å². The molecular weight excluding hydrogens is 364 g/mol. The summed E-state index contributed by atoms with van der Waals surface area (Å²) in [6.07, 6.45) is 0. The number of thioether (sulfide) groups is 1. The van der Waals surface area contributed by atoms with Crippen molar-refractivity contribution in [2.24, 2.45) is 0 Å². The molecule has 2 aromatic rings. The second kappa shape index (κ2) is 10.1. The van der Waals surface area contributed by atoms with Crippen LogP contribution in [-0.2, 0) is 9.59 Å². The molecule has 0 spiro atoms. The normalized spacial score (nSPS) is 10.9. The maximum Gasteiger partial charge on any atom is 0.239 e. The predicted octanol–water partition coefficient (Wildman–Crippen LogP) is 1.86. The number of nitrogens with one attached hydrogen (secondary N) is 1. The third-order valence-corrected chi connectivity index (χ3v) is 4.92. The topological polar surface area (TPSA) is 93.0 Å². The van der Waals surface area contributed by atoms with Crippen LogP contribution in [0.2, 0.25) is 0 Å². The van der Waals surface area contributed by atoms with E-state index in [1.165, 1.54) is 22.2 Å². The summed E-state index contributed by atoms with van der Waals surface area (Å²) in [5.74, 6) is 0.327. The lowest BCUT2D eigenvalue weighted by atomic mass is 10.0. The number of benzene rings is 1. The molecular formula is C18H26N6O2S. The highest BCUT2D eigenvalue weighted by molar-refractivity contribution is 7.99. The predicted molar refractivity (Wildman–Crippen MR) is 105 cm³/mol. The van der Waals surface area contributed by atoms with E-state index in [4.69, 9.17) is 0 Å². The van der Waals surface area contributed by atoms with Gasteiger partial charge in [-0.1, -0.05) is 37.7 Å². The summed E-state index contributed by atoms with van der Waals surface area (Å²) in [7, 11) is 0. The molecule has 1 heterocycles. The standard InChI is InChI=1S/C18H26N6O2S/c1-5-19-16(25)11-23(6-2)17(26)12-27-18-20-21-22-24(18)15-9-7-14(8-10-15)13(3)4/h7-10,13H,5-6,11-12H2,1-4H3,(H,19,25). The molecule has 1 N–H and O–H groups in total. The number of carbonyl (C=O) groups is 2. The second-order valence-electron chi connectivity index (χ2n) is 6.27. The molecule has 0 atom stereocenters. The Hall–Kier alpha value is -2.42. The Morgan fingerprint density at radius 3 is 2.52 bits per heavy atom. The Labute approximate surface area is 163 Å². The van der Waals surface area contributed by atoms with Crippen molar-refractivity contribution in [3.05, 3.63) is 29.8 Å². The van der Waals surface area contributed by atoms with E-state index in [1.54, 1.807) is 4.68 Å². The van der Waals surface area contributed by atoms with Gasteiger partial charge in [0.2, 0.25) is 17.0 Å². The van der Waals surface area contributed by atoms with Crippen molar-refractivity contribution >= 4 is 23.6 Å². The quantitative estimate of drug-likeness (QED) is 0.657. The van der Waals surface area contributed by atoms with Crippen molar-refractivity contribution in [3.8, 4) is 5.69 Å². The van der Waals surface area contributed by atoms with E-state index >= 15 is 0 Å². The summed E-state index contributed by atoms with van der Waals surface area (Å²) in [6.45, 7) is 9.05. The monoisotopic (exact) mass is 390 g/mol. The molecule has 1 aromatic carbocycles. The molecule has 0 aliphatic heterocycles. The second-order valence-corrected chi connectivity index (χ2v) is 7.21. The maximum atomic E-state index is 12.4. The van der Waals surface area contributed by atoms with Crippen LogP contribution in [0.15, 0.2) is 29.4 Å². The van der Waals surface area contributed by atoms with Crippen LogP contribution < -0.4 is 5.32 Å². The van der Waals surface area contributed by atoms with Gasteiger partial charge in [-0.2, -0.15) is 4.68 Å². The van der Waals surface area contributed by atoms with Gasteiger partial charge in [0.1, 0.15) is 0 Å². The Kier molecular flexibility index (Phi) is 7.78. The van der Waals surface area contributed by atoms with Crippen LogP contribution >= 0.6 is 11.8 Å². The van der Waals surface area contributed by atoms with E-state index in [0.717, 1.165) is 5.69 Å². The fourth-order valence-electron chi connectivity index (χ4n) is 2.45. The van der Waals surface area contributed by atoms with Crippen LogP contribution in [0.5, 0.6) is 0 Å². The van der Waals surface area contributed by atoms with Crippen molar-refractivity contribution in [2.75, 3.05) is 25.4 Å². The minimum atomic E-state index is -0.159. The average molecular weight is 391 g/mol. The molecule has 0 saturated heterocycles. The number of rotatable bonds is 9. The summed E-state index contributed by atoms with van der Waals surface area (Å²) < 4.78 is 1.61. The van der Waals surface area contributed by atoms with Crippen molar-refractivity contribution in [2.45, 2.75) is 38.8 Å². The lowest BCUT2D eigenvalue weighted by Crippen LogP contribution is -2.41. The summed E-state index contributed by atoms with van der Waals surface area (Å²) >= 11 is 1.26. The summed E-state index contributed by atoms with van der Waals surface area (Å²) in [5.41, 5.74) is 2.08. The number of nitrogens with zero attached hydrogens (tertiary/aromatic N) is 5. The first-order valence-corrected chi connectivity index (χ1v) is 10.0. The highest BCUT2D eigenvalue weighted by atomic mass is 32.2. The average Bonchev–Trinajstić information content (AvgIpc) is 3.13. The third kappa shape index (κ3) is 5.78. The molecule has 146 valence electrons. The van der Waals surface area contributed by atoms with E-state index in [0.29, 0.717) is 24.2 Å². The van der Waals surface area contributed by atoms with E-state index in [1.807, 2.05) is 38.1 Å². The first kappa shape index (κ1) is 20.9. The zero-order chi connectivity index (χ0) is 19.8. The number of tetrazole rings is 1. The van der Waals surface area contributed by atoms with Gasteiger partial charge in [0.25, 0.3) is 0 Å². The molecule has 0 unspecified atom stereocenters. The Morgan fingerprint density at radius 2 is 1.93 bits per heavy atom. The smallest absolute Gasteiger partial charge is 0.239 e. The fraction of sp³-hybridized carbons (Fsp3) is 0.500. The van der Waals surface area contributed by atoms with Crippen LogP contribution in [0.1, 0.15) is 39.2 Å². The fourth-order valence-corrected chi connectivity index (χ4v) is 3.25. The number of aromatic nitrogens is 4. The molecule has 0 aliphatic carbocycles. The first-order valence-electron chi connectivity index (χ1n) is 9.02. The molecule has 2 rings (SSSR count). The number of hydrogen-bond donors (Lipinski definition) is 1. The Bertz CT molecular complexity index is 759. The number of carbonyl (C=O) groups excluding carboxylic acids is 2. The van der Waals surface area contributed by atoms with Crippen LogP contribution in [0.25, 0.3) is 5.69 Å². The highest BCUT2D eigenvalue weighted by Gasteiger charge is 2.18. The van der Waals surface area contributed by atoms with Gasteiger partial charge < -0.3 is 10.2 Å². The number of amides is 2. The Balaban J connectivity index is 2.01. The number of hydrogen-bond acceptors (Lipinski definition) is 6. The van der Waals surface area contributed by atoms with Crippen molar-refractivity contribution in [3.63, 3.8) is 0 Å². The van der Waals surface area contributed by atoms with Crippen molar-refractivity contribution < 1.29 is 9.59 Å². The lowest BCUT2D eigenvalue weighted by Gasteiger charge is -2.19. The first-order chi connectivity index (χ1) is 13.0. The molecule has 2 amide bonds. The molecule has 9 heteroatoms. The molecule has 1 aromatic heterocycles. The van der Waals surface area contributed by atoms with E-state index in [2.05, 4.69) is 34.7 Å². The molecule has 0 aliphatic rings. The lowest BCUT2D eigenvalue weighted by molar-refractivity contribution is -0.133. The zero-order valence-corrected chi connectivity index (χ0v) is 17.0. The van der Waals surface area contributed by atoms with Gasteiger partial charge in [-0.05, 0) is 47.9 Å². The summed E-state index contributed by atoms with van der Waals surface area (Å²) in [5, 5.41) is 15.0. The third-order valence-electron chi connectivity index (χ3n) is 4.01. The molecule has 8 nitrogen and oxygen atoms in total. The van der Waals surface area contributed by atoms with Gasteiger partial charge in [0, 0.05) is 13.1 Å². The van der Waals surface area contributed by atoms with Crippen LogP contribution in [0, 0.1) is 0 Å². The SMILES string of the molecule is CCNC(=O)CN(CC)C(=O)CSc1nnnn1-c1ccc(C(C)C)cc1. The van der Waals surface area contributed by atoms with Crippen LogP contribution in [0.3, 0.4) is 0 Å². The largest absolute Gasteiger partial charge is 0.355 e. The van der Waals surface area contributed by atoms with Crippen LogP contribution in [0.4, 0.5) is 0 Å². The summed E-state index contributed by atoms with van der Waals surface area (Å²) in [4.78, 5) is 25.7. The zero-order valence-electron chi connectivity index (χ0n) is 16.2. The van der Waals surface area contributed by atoms with Crippen LogP contribution in [-0.4, -0.2) is 62.3 Å². The van der Waals surface area contributed by atoms with Crippen molar-refractivity contribution in [1.29, 1.82) is 0 Å². The van der Waals surface area contributed by atoms with E-state index in [9.17, 15) is 9.59 Å². The highest BCUT2D eigenvalue weighted by Crippen LogP contribution is 2.21. The van der Waals surface area contributed by atoms with Crippen molar-refractivity contribution in [1.82, 2.24) is 30.4 Å². The Morgan fingerprint density at radius 1 is 1.22 bits per heavy atom. The van der Waals surface area contributed by atoms with E-state index < -0.39 is 0 Å². The molecule has 0 saturated carbocycles. The van der Waals surface area contributed by atoms with Gasteiger partial charge in [-0.3, -0.25) is 9.59 Å². The molecule has 27 heavy (non-hydrogen) atoms. The van der Waals surface area contributed by atoms with Gasteiger partial charge in [-0.15, -0.1) is 5.10 Å². The van der Waals surface area contributed by atoms with Gasteiger partial charge in [-0.25, -0.2) is 0 Å². The minimum Gasteiger partial charge on any atom is -0.355 e. The molecule has 0 fully saturated rings. The van der Waals surface area contributed by atoms with E-state index in [-0.39, 0.29) is 24.1 Å².